The highest BCUT2D eigenvalue weighted by Gasteiger charge is 2.39. The molecule has 1 aliphatic rings. The standard InChI is InChI=1S/C12H21IO3/c1-5-15-11(14)8-6-9(13)10(7-8)16-12(2,3)4/h8-10H,5-7H2,1-4H3. The average Bonchev–Trinajstić information content (AvgIpc) is 2.45. The minimum absolute atomic E-state index is 0.0224. The van der Waals surface area contributed by atoms with E-state index < -0.39 is 0 Å². The van der Waals surface area contributed by atoms with Gasteiger partial charge in [-0.3, -0.25) is 4.79 Å². The summed E-state index contributed by atoms with van der Waals surface area (Å²) in [5, 5.41) is 0. The molecule has 0 bridgehead atoms. The number of ether oxygens (including phenoxy) is 2. The lowest BCUT2D eigenvalue weighted by Crippen LogP contribution is -2.30. The largest absolute Gasteiger partial charge is 0.466 e. The minimum Gasteiger partial charge on any atom is -0.466 e. The quantitative estimate of drug-likeness (QED) is 0.450. The first-order valence-corrected chi connectivity index (χ1v) is 7.06. The Kier molecular flexibility index (Phi) is 5.04. The van der Waals surface area contributed by atoms with Gasteiger partial charge in [0.25, 0.3) is 0 Å². The Bertz CT molecular complexity index is 247. The van der Waals surface area contributed by atoms with Gasteiger partial charge in [0, 0.05) is 3.92 Å². The Morgan fingerprint density at radius 2 is 2.00 bits per heavy atom. The van der Waals surface area contributed by atoms with Crippen LogP contribution in [-0.4, -0.2) is 28.2 Å². The molecule has 0 aromatic carbocycles. The van der Waals surface area contributed by atoms with Crippen molar-refractivity contribution in [2.24, 2.45) is 5.92 Å². The van der Waals surface area contributed by atoms with Gasteiger partial charge < -0.3 is 9.47 Å². The van der Waals surface area contributed by atoms with Crippen molar-refractivity contribution in [3.8, 4) is 0 Å². The van der Waals surface area contributed by atoms with Crippen LogP contribution >= 0.6 is 22.6 Å². The second-order valence-electron chi connectivity index (χ2n) is 5.21. The molecule has 0 spiro atoms. The molecule has 1 aliphatic carbocycles. The first-order chi connectivity index (χ1) is 7.33. The highest BCUT2D eigenvalue weighted by molar-refractivity contribution is 14.1. The Hall–Kier alpha value is 0.160. The fourth-order valence-corrected chi connectivity index (χ4v) is 3.03. The van der Waals surface area contributed by atoms with Gasteiger partial charge in [0.2, 0.25) is 0 Å². The van der Waals surface area contributed by atoms with Gasteiger partial charge in [-0.15, -0.1) is 0 Å². The molecule has 94 valence electrons. The van der Waals surface area contributed by atoms with Crippen LogP contribution in [-0.2, 0) is 14.3 Å². The maximum absolute atomic E-state index is 11.6. The van der Waals surface area contributed by atoms with Gasteiger partial charge in [-0.2, -0.15) is 0 Å². The summed E-state index contributed by atoms with van der Waals surface area (Å²) in [6.07, 6.45) is 1.85. The van der Waals surface area contributed by atoms with Gasteiger partial charge in [-0.25, -0.2) is 0 Å². The number of hydrogen-bond acceptors (Lipinski definition) is 3. The second-order valence-corrected chi connectivity index (χ2v) is 6.81. The summed E-state index contributed by atoms with van der Waals surface area (Å²) in [5.41, 5.74) is -0.141. The van der Waals surface area contributed by atoms with Crippen LogP contribution in [0.5, 0.6) is 0 Å². The van der Waals surface area contributed by atoms with Crippen LogP contribution in [0.3, 0.4) is 0 Å². The number of carbonyl (C=O) groups excluding carboxylic acids is 1. The first kappa shape index (κ1) is 14.2. The monoisotopic (exact) mass is 340 g/mol. The van der Waals surface area contributed by atoms with Gasteiger partial charge in [-0.1, -0.05) is 22.6 Å². The first-order valence-electron chi connectivity index (χ1n) is 5.82. The molecule has 0 radical (unpaired) electrons. The van der Waals surface area contributed by atoms with Crippen molar-refractivity contribution in [3.05, 3.63) is 0 Å². The highest BCUT2D eigenvalue weighted by atomic mass is 127. The van der Waals surface area contributed by atoms with E-state index >= 15 is 0 Å². The predicted molar refractivity (Wildman–Crippen MR) is 71.8 cm³/mol. The maximum atomic E-state index is 11.6. The molecule has 0 aromatic heterocycles. The van der Waals surface area contributed by atoms with Crippen molar-refractivity contribution >= 4 is 28.6 Å². The van der Waals surface area contributed by atoms with Crippen LogP contribution in [0.1, 0.15) is 40.5 Å². The van der Waals surface area contributed by atoms with Gasteiger partial charge >= 0.3 is 5.97 Å². The van der Waals surface area contributed by atoms with E-state index in [1.807, 2.05) is 27.7 Å². The molecule has 1 rings (SSSR count). The summed E-state index contributed by atoms with van der Waals surface area (Å²) in [6.45, 7) is 8.46. The molecule has 1 fully saturated rings. The van der Waals surface area contributed by atoms with Crippen LogP contribution in [0.15, 0.2) is 0 Å². The van der Waals surface area contributed by atoms with Crippen LogP contribution in [0, 0.1) is 5.92 Å². The Balaban J connectivity index is 2.50. The van der Waals surface area contributed by atoms with E-state index in [9.17, 15) is 4.79 Å². The summed E-state index contributed by atoms with van der Waals surface area (Å²) >= 11 is 2.38. The average molecular weight is 340 g/mol. The molecular formula is C12H21IO3. The molecule has 1 saturated carbocycles. The molecule has 0 amide bonds. The van der Waals surface area contributed by atoms with E-state index in [0.717, 1.165) is 12.8 Å². The van der Waals surface area contributed by atoms with E-state index in [-0.39, 0.29) is 23.6 Å². The van der Waals surface area contributed by atoms with Crippen molar-refractivity contribution in [1.29, 1.82) is 0 Å². The fourth-order valence-electron chi connectivity index (χ4n) is 1.98. The van der Waals surface area contributed by atoms with Crippen molar-refractivity contribution in [1.82, 2.24) is 0 Å². The van der Waals surface area contributed by atoms with Crippen molar-refractivity contribution in [2.45, 2.75) is 56.2 Å². The molecule has 3 unspecified atom stereocenters. The summed E-state index contributed by atoms with van der Waals surface area (Å²) in [5.74, 6) is -0.0432. The molecule has 0 N–H and O–H groups in total. The molecule has 0 saturated heterocycles. The zero-order chi connectivity index (χ0) is 12.3. The van der Waals surface area contributed by atoms with Crippen molar-refractivity contribution < 1.29 is 14.3 Å². The van der Waals surface area contributed by atoms with Crippen molar-refractivity contribution in [3.63, 3.8) is 0 Å². The molecule has 3 atom stereocenters. The van der Waals surface area contributed by atoms with Crippen LogP contribution in [0.2, 0.25) is 0 Å². The lowest BCUT2D eigenvalue weighted by atomic mass is 10.1. The smallest absolute Gasteiger partial charge is 0.309 e. The van der Waals surface area contributed by atoms with Crippen LogP contribution < -0.4 is 0 Å². The Morgan fingerprint density at radius 1 is 1.38 bits per heavy atom. The highest BCUT2D eigenvalue weighted by Crippen LogP contribution is 2.36. The molecule has 3 nitrogen and oxygen atoms in total. The number of halogens is 1. The number of hydrogen-bond donors (Lipinski definition) is 0. The third kappa shape index (κ3) is 4.20. The number of esters is 1. The summed E-state index contributed by atoms with van der Waals surface area (Å²) in [6, 6.07) is 0. The maximum Gasteiger partial charge on any atom is 0.309 e. The Labute approximate surface area is 111 Å². The SMILES string of the molecule is CCOC(=O)C1CC(I)C(OC(C)(C)C)C1. The normalized spacial score (nSPS) is 30.4. The number of alkyl halides is 1. The van der Waals surface area contributed by atoms with Crippen LogP contribution in [0.4, 0.5) is 0 Å². The van der Waals surface area contributed by atoms with E-state index in [1.165, 1.54) is 0 Å². The molecule has 0 heterocycles. The predicted octanol–water partition coefficient (Wildman–Crippen LogP) is 2.95. The van der Waals surface area contributed by atoms with E-state index in [2.05, 4.69) is 22.6 Å². The zero-order valence-electron chi connectivity index (χ0n) is 10.5. The summed E-state index contributed by atoms with van der Waals surface area (Å²) in [7, 11) is 0. The third-order valence-corrected chi connectivity index (χ3v) is 3.87. The molecule has 16 heavy (non-hydrogen) atoms. The van der Waals surface area contributed by atoms with Crippen molar-refractivity contribution in [2.75, 3.05) is 6.61 Å². The van der Waals surface area contributed by atoms with Gasteiger partial charge in [0.15, 0.2) is 0 Å². The van der Waals surface area contributed by atoms with Gasteiger partial charge in [0.1, 0.15) is 0 Å². The number of rotatable bonds is 3. The van der Waals surface area contributed by atoms with Gasteiger partial charge in [-0.05, 0) is 40.5 Å². The molecule has 0 aromatic rings. The lowest BCUT2D eigenvalue weighted by molar-refractivity contribution is -0.148. The molecule has 0 aliphatic heterocycles. The zero-order valence-corrected chi connectivity index (χ0v) is 12.6. The minimum atomic E-state index is -0.141. The molecule has 4 heteroatoms. The van der Waals surface area contributed by atoms with E-state index in [0.29, 0.717) is 10.5 Å². The van der Waals surface area contributed by atoms with E-state index in [4.69, 9.17) is 9.47 Å². The lowest BCUT2D eigenvalue weighted by Gasteiger charge is -2.26. The second kappa shape index (κ2) is 5.67. The molecular weight excluding hydrogens is 319 g/mol. The summed E-state index contributed by atoms with van der Waals surface area (Å²) in [4.78, 5) is 11.6. The summed E-state index contributed by atoms with van der Waals surface area (Å²) < 4.78 is 11.4. The Morgan fingerprint density at radius 3 is 2.50 bits per heavy atom. The third-order valence-electron chi connectivity index (χ3n) is 2.55. The topological polar surface area (TPSA) is 35.5 Å². The number of carbonyl (C=O) groups is 1. The fraction of sp³-hybridized carbons (Fsp3) is 0.917. The van der Waals surface area contributed by atoms with E-state index in [1.54, 1.807) is 0 Å². The van der Waals surface area contributed by atoms with Gasteiger partial charge in [0.05, 0.1) is 24.2 Å². The van der Waals surface area contributed by atoms with Crippen LogP contribution in [0.25, 0.3) is 0 Å².